The largest absolute Gasteiger partial charge is 0.298 e. The quantitative estimate of drug-likeness (QED) is 0.738. The summed E-state index contributed by atoms with van der Waals surface area (Å²) in [5, 5.41) is 10.5. The van der Waals surface area contributed by atoms with Crippen LogP contribution in [0, 0.1) is 23.2 Å². The first kappa shape index (κ1) is 16.5. The lowest BCUT2D eigenvalue weighted by Gasteiger charge is -2.22. The summed E-state index contributed by atoms with van der Waals surface area (Å²) in [7, 11) is 0. The zero-order chi connectivity index (χ0) is 16.4. The summed E-state index contributed by atoms with van der Waals surface area (Å²) in [6.45, 7) is 4.39. The molecule has 0 amide bonds. The number of hydrogen-bond acceptors (Lipinski definition) is 4. The second-order valence-electron chi connectivity index (χ2n) is 7.14. The van der Waals surface area contributed by atoms with Crippen LogP contribution in [-0.2, 0) is 24.1 Å². The van der Waals surface area contributed by atoms with E-state index in [9.17, 15) is 10.1 Å². The van der Waals surface area contributed by atoms with E-state index in [-0.39, 0.29) is 5.92 Å². The molecule has 0 N–H and O–H groups in total. The highest BCUT2D eigenvalue weighted by Gasteiger charge is 2.30. The van der Waals surface area contributed by atoms with Gasteiger partial charge in [-0.3, -0.25) is 4.79 Å². The van der Waals surface area contributed by atoms with Gasteiger partial charge in [0.15, 0.2) is 0 Å². The van der Waals surface area contributed by atoms with Crippen molar-refractivity contribution in [2.45, 2.75) is 63.8 Å². The molecule has 3 rings (SSSR count). The Morgan fingerprint density at radius 2 is 2.09 bits per heavy atom. The number of rotatable bonds is 6. The predicted molar refractivity (Wildman–Crippen MR) is 92.6 cm³/mol. The Morgan fingerprint density at radius 1 is 1.35 bits per heavy atom. The summed E-state index contributed by atoms with van der Waals surface area (Å²) >= 11 is 1.48. The van der Waals surface area contributed by atoms with Crippen LogP contribution in [0.5, 0.6) is 0 Å². The van der Waals surface area contributed by atoms with Crippen molar-refractivity contribution in [2.75, 3.05) is 5.75 Å². The van der Waals surface area contributed by atoms with Crippen LogP contribution in [0.4, 0.5) is 0 Å². The minimum Gasteiger partial charge on any atom is -0.298 e. The molecule has 3 nitrogen and oxygen atoms in total. The third-order valence-electron chi connectivity index (χ3n) is 4.66. The summed E-state index contributed by atoms with van der Waals surface area (Å²) in [6, 6.07) is 2.39. The van der Waals surface area contributed by atoms with Gasteiger partial charge in [-0.2, -0.15) is 5.26 Å². The van der Waals surface area contributed by atoms with Crippen molar-refractivity contribution in [3.63, 3.8) is 0 Å². The van der Waals surface area contributed by atoms with E-state index < -0.39 is 0 Å². The summed E-state index contributed by atoms with van der Waals surface area (Å²) in [5.41, 5.74) is 4.42. The molecule has 0 atom stereocenters. The molecule has 0 spiro atoms. The van der Waals surface area contributed by atoms with E-state index in [0.29, 0.717) is 17.5 Å². The van der Waals surface area contributed by atoms with Crippen molar-refractivity contribution in [2.24, 2.45) is 11.8 Å². The molecule has 0 aliphatic heterocycles. The normalized spacial score (nSPS) is 17.0. The SMILES string of the molecule is CC(C)Cc1c(C#N)c(SCC(=O)C2CC2)nc2c1CCCC2. The lowest BCUT2D eigenvalue weighted by molar-refractivity contribution is -0.117. The number of carbonyl (C=O) groups excluding carboxylic acids is 1. The molecule has 1 aromatic rings. The fourth-order valence-corrected chi connectivity index (χ4v) is 4.31. The first-order valence-electron chi connectivity index (χ1n) is 8.70. The highest BCUT2D eigenvalue weighted by molar-refractivity contribution is 8.00. The van der Waals surface area contributed by atoms with Gasteiger partial charge in [0.2, 0.25) is 0 Å². The number of thioether (sulfide) groups is 1. The van der Waals surface area contributed by atoms with E-state index in [4.69, 9.17) is 4.98 Å². The molecule has 2 aliphatic rings. The topological polar surface area (TPSA) is 53.8 Å². The number of aryl methyl sites for hydroxylation is 1. The van der Waals surface area contributed by atoms with Crippen LogP contribution in [-0.4, -0.2) is 16.5 Å². The summed E-state index contributed by atoms with van der Waals surface area (Å²) < 4.78 is 0. The number of nitriles is 1. The van der Waals surface area contributed by atoms with Gasteiger partial charge in [0.05, 0.1) is 11.3 Å². The minimum absolute atomic E-state index is 0.279. The van der Waals surface area contributed by atoms with Gasteiger partial charge in [0.1, 0.15) is 16.9 Å². The number of nitrogens with zero attached hydrogens (tertiary/aromatic N) is 2. The Kier molecular flexibility index (Phi) is 5.06. The third kappa shape index (κ3) is 3.77. The van der Waals surface area contributed by atoms with Crippen LogP contribution in [0.2, 0.25) is 0 Å². The molecule has 23 heavy (non-hydrogen) atoms. The Morgan fingerprint density at radius 3 is 2.74 bits per heavy atom. The van der Waals surface area contributed by atoms with Crippen molar-refractivity contribution in [3.05, 3.63) is 22.4 Å². The van der Waals surface area contributed by atoms with Crippen LogP contribution in [0.3, 0.4) is 0 Å². The third-order valence-corrected chi connectivity index (χ3v) is 5.66. The Bertz CT molecular complexity index is 656. The van der Waals surface area contributed by atoms with Crippen LogP contribution in [0.25, 0.3) is 0 Å². The van der Waals surface area contributed by atoms with Crippen molar-refractivity contribution >= 4 is 17.5 Å². The van der Waals surface area contributed by atoms with Crippen molar-refractivity contribution in [1.82, 2.24) is 4.98 Å². The molecule has 0 saturated heterocycles. The first-order chi connectivity index (χ1) is 11.1. The maximum Gasteiger partial charge on any atom is 0.146 e. The maximum atomic E-state index is 12.0. The second-order valence-corrected chi connectivity index (χ2v) is 8.11. The van der Waals surface area contributed by atoms with Gasteiger partial charge in [-0.15, -0.1) is 0 Å². The molecule has 1 heterocycles. The fraction of sp³-hybridized carbons (Fsp3) is 0.632. The number of hydrogen-bond donors (Lipinski definition) is 0. The lowest BCUT2D eigenvalue weighted by Crippen LogP contribution is -2.14. The standard InChI is InChI=1S/C19H24N2OS/c1-12(2)9-15-14-5-3-4-6-17(14)21-19(16(15)10-20)23-11-18(22)13-7-8-13/h12-13H,3-9,11H2,1-2H3. The maximum absolute atomic E-state index is 12.0. The van der Waals surface area contributed by atoms with Crippen molar-refractivity contribution in [1.29, 1.82) is 5.26 Å². The number of fused-ring (bicyclic) bond motifs is 1. The van der Waals surface area contributed by atoms with E-state index in [2.05, 4.69) is 19.9 Å². The Hall–Kier alpha value is -1.34. The van der Waals surface area contributed by atoms with E-state index in [1.54, 1.807) is 0 Å². The number of Topliss-reactive ketones (excluding diaryl/α,β-unsaturated/α-hetero) is 1. The Balaban J connectivity index is 1.93. The van der Waals surface area contributed by atoms with Crippen molar-refractivity contribution < 1.29 is 4.79 Å². The molecule has 1 aromatic heterocycles. The molecule has 122 valence electrons. The van der Waals surface area contributed by atoms with E-state index in [1.165, 1.54) is 41.4 Å². The molecule has 0 radical (unpaired) electrons. The molecular weight excluding hydrogens is 304 g/mol. The molecule has 2 aliphatic carbocycles. The van der Waals surface area contributed by atoms with Crippen LogP contribution in [0.15, 0.2) is 5.03 Å². The average Bonchev–Trinajstić information content (AvgIpc) is 3.37. The van der Waals surface area contributed by atoms with Crippen LogP contribution >= 0.6 is 11.8 Å². The predicted octanol–water partition coefficient (Wildman–Crippen LogP) is 4.10. The highest BCUT2D eigenvalue weighted by Crippen LogP contribution is 2.35. The van der Waals surface area contributed by atoms with Gasteiger partial charge < -0.3 is 0 Å². The number of carbonyl (C=O) groups is 1. The van der Waals surface area contributed by atoms with Crippen molar-refractivity contribution in [3.8, 4) is 6.07 Å². The summed E-state index contributed by atoms with van der Waals surface area (Å²) in [6.07, 6.45) is 7.44. The molecule has 0 bridgehead atoms. The van der Waals surface area contributed by atoms with Crippen LogP contribution < -0.4 is 0 Å². The van der Waals surface area contributed by atoms with Gasteiger partial charge in [-0.25, -0.2) is 4.98 Å². The summed E-state index contributed by atoms with van der Waals surface area (Å²) in [5.74, 6) is 1.58. The lowest BCUT2D eigenvalue weighted by atomic mass is 9.87. The number of pyridine rings is 1. The molecule has 0 aromatic carbocycles. The fourth-order valence-electron chi connectivity index (χ4n) is 3.31. The second kappa shape index (κ2) is 7.05. The van der Waals surface area contributed by atoms with Gasteiger partial charge in [0.25, 0.3) is 0 Å². The van der Waals surface area contributed by atoms with Gasteiger partial charge in [-0.1, -0.05) is 25.6 Å². The Labute approximate surface area is 142 Å². The van der Waals surface area contributed by atoms with E-state index in [0.717, 1.165) is 42.7 Å². The van der Waals surface area contributed by atoms with E-state index in [1.807, 2.05) is 0 Å². The van der Waals surface area contributed by atoms with Gasteiger partial charge in [-0.05, 0) is 62.0 Å². The minimum atomic E-state index is 0.279. The highest BCUT2D eigenvalue weighted by atomic mass is 32.2. The summed E-state index contributed by atoms with van der Waals surface area (Å²) in [4.78, 5) is 16.8. The molecular formula is C19H24N2OS. The van der Waals surface area contributed by atoms with Gasteiger partial charge in [0, 0.05) is 11.6 Å². The zero-order valence-corrected chi connectivity index (χ0v) is 14.8. The molecule has 1 fully saturated rings. The van der Waals surface area contributed by atoms with Gasteiger partial charge >= 0.3 is 0 Å². The molecule has 1 saturated carbocycles. The molecule has 0 unspecified atom stereocenters. The zero-order valence-electron chi connectivity index (χ0n) is 14.0. The average molecular weight is 328 g/mol. The molecule has 4 heteroatoms. The smallest absolute Gasteiger partial charge is 0.146 e. The van der Waals surface area contributed by atoms with E-state index >= 15 is 0 Å². The number of ketones is 1. The monoisotopic (exact) mass is 328 g/mol. The van der Waals surface area contributed by atoms with Crippen LogP contribution in [0.1, 0.15) is 61.9 Å². The number of aromatic nitrogens is 1. The first-order valence-corrected chi connectivity index (χ1v) is 9.69.